The van der Waals surface area contributed by atoms with Gasteiger partial charge in [0.25, 0.3) is 5.78 Å². The zero-order valence-corrected chi connectivity index (χ0v) is 12.1. The van der Waals surface area contributed by atoms with Gasteiger partial charge in [-0.05, 0) is 18.2 Å². The first kappa shape index (κ1) is 12.0. The summed E-state index contributed by atoms with van der Waals surface area (Å²) in [5, 5.41) is 5.42. The van der Waals surface area contributed by atoms with Crippen LogP contribution in [0.3, 0.4) is 0 Å². The fraction of sp³-hybridized carbons (Fsp3) is 0. The summed E-state index contributed by atoms with van der Waals surface area (Å²) in [6, 6.07) is 9.78. The zero-order valence-electron chi connectivity index (χ0n) is 8.92. The molecule has 0 atom stereocenters. The van der Waals surface area contributed by atoms with Gasteiger partial charge in [-0.1, -0.05) is 45.4 Å². The lowest BCUT2D eigenvalue weighted by Gasteiger charge is -2.04. The minimum atomic E-state index is 0.410. The van der Waals surface area contributed by atoms with E-state index >= 15 is 0 Å². The Morgan fingerprint density at radius 1 is 1.28 bits per heavy atom. The Kier molecular flexibility index (Phi) is 3.23. The fourth-order valence-corrected chi connectivity index (χ4v) is 3.24. The van der Waals surface area contributed by atoms with E-state index in [1.165, 1.54) is 6.33 Å². The SMILES string of the molecule is Clc1cc(Sc2cccc(Br)c2)n2ncnc2n1. The first-order valence-electron chi connectivity index (χ1n) is 5.02. The Balaban J connectivity index is 2.06. The second-order valence-corrected chi connectivity index (χ2v) is 5.85. The molecule has 0 aliphatic heterocycles. The lowest BCUT2D eigenvalue weighted by Crippen LogP contribution is -1.95. The van der Waals surface area contributed by atoms with E-state index in [1.807, 2.05) is 24.3 Å². The molecule has 0 unspecified atom stereocenters. The van der Waals surface area contributed by atoms with Crippen molar-refractivity contribution in [2.75, 3.05) is 0 Å². The summed E-state index contributed by atoms with van der Waals surface area (Å²) >= 11 is 11.0. The van der Waals surface area contributed by atoms with Crippen LogP contribution in [-0.4, -0.2) is 19.6 Å². The quantitative estimate of drug-likeness (QED) is 0.667. The van der Waals surface area contributed by atoms with Crippen molar-refractivity contribution in [3.8, 4) is 0 Å². The van der Waals surface area contributed by atoms with E-state index in [-0.39, 0.29) is 0 Å². The van der Waals surface area contributed by atoms with Gasteiger partial charge < -0.3 is 0 Å². The van der Waals surface area contributed by atoms with Crippen molar-refractivity contribution >= 4 is 45.1 Å². The molecule has 0 saturated carbocycles. The van der Waals surface area contributed by atoms with Gasteiger partial charge in [0.1, 0.15) is 16.5 Å². The Morgan fingerprint density at radius 3 is 3.00 bits per heavy atom. The maximum absolute atomic E-state index is 5.96. The van der Waals surface area contributed by atoms with Gasteiger partial charge in [0.2, 0.25) is 0 Å². The van der Waals surface area contributed by atoms with Crippen molar-refractivity contribution < 1.29 is 0 Å². The van der Waals surface area contributed by atoms with Gasteiger partial charge in [0.15, 0.2) is 0 Å². The number of hydrogen-bond donors (Lipinski definition) is 0. The maximum atomic E-state index is 5.96. The summed E-state index contributed by atoms with van der Waals surface area (Å²) in [7, 11) is 0. The molecule has 0 amide bonds. The molecule has 0 aliphatic rings. The molecule has 4 nitrogen and oxygen atoms in total. The van der Waals surface area contributed by atoms with Gasteiger partial charge in [-0.25, -0.2) is 0 Å². The zero-order chi connectivity index (χ0) is 12.5. The summed E-state index contributed by atoms with van der Waals surface area (Å²) in [5.41, 5.74) is 0. The molecule has 0 saturated heterocycles. The molecule has 0 fully saturated rings. The van der Waals surface area contributed by atoms with E-state index in [2.05, 4.69) is 31.0 Å². The number of nitrogens with zero attached hydrogens (tertiary/aromatic N) is 4. The summed E-state index contributed by atoms with van der Waals surface area (Å²) in [6.45, 7) is 0. The van der Waals surface area contributed by atoms with Gasteiger partial charge in [0, 0.05) is 15.4 Å². The lowest BCUT2D eigenvalue weighted by atomic mass is 10.4. The third-order valence-corrected chi connectivity index (χ3v) is 3.88. The second kappa shape index (κ2) is 4.87. The Hall–Kier alpha value is -1.11. The van der Waals surface area contributed by atoms with Gasteiger partial charge >= 0.3 is 0 Å². The van der Waals surface area contributed by atoms with Crippen LogP contribution in [0.4, 0.5) is 0 Å². The number of hydrogen-bond acceptors (Lipinski definition) is 4. The molecule has 7 heteroatoms. The largest absolute Gasteiger partial charge is 0.254 e. The van der Waals surface area contributed by atoms with Crippen molar-refractivity contribution in [3.05, 3.63) is 46.3 Å². The van der Waals surface area contributed by atoms with Crippen molar-refractivity contribution in [1.29, 1.82) is 0 Å². The predicted molar refractivity (Wildman–Crippen MR) is 74.1 cm³/mol. The first-order chi connectivity index (χ1) is 8.72. The minimum Gasteiger partial charge on any atom is -0.199 e. The highest BCUT2D eigenvalue weighted by molar-refractivity contribution is 9.10. The average molecular weight is 342 g/mol. The highest BCUT2D eigenvalue weighted by atomic mass is 79.9. The average Bonchev–Trinajstić information content (AvgIpc) is 2.77. The Morgan fingerprint density at radius 2 is 2.17 bits per heavy atom. The van der Waals surface area contributed by atoms with Gasteiger partial charge in [-0.15, -0.1) is 0 Å². The van der Waals surface area contributed by atoms with E-state index in [4.69, 9.17) is 11.6 Å². The van der Waals surface area contributed by atoms with Crippen LogP contribution in [0, 0.1) is 0 Å². The topological polar surface area (TPSA) is 43.1 Å². The van der Waals surface area contributed by atoms with Crippen molar-refractivity contribution in [1.82, 2.24) is 19.6 Å². The smallest absolute Gasteiger partial charge is 0.199 e. The normalized spacial score (nSPS) is 11.0. The molecule has 0 bridgehead atoms. The van der Waals surface area contributed by atoms with E-state index in [1.54, 1.807) is 22.3 Å². The van der Waals surface area contributed by atoms with Gasteiger partial charge in [-0.2, -0.15) is 19.6 Å². The summed E-state index contributed by atoms with van der Waals surface area (Å²) < 4.78 is 2.69. The highest BCUT2D eigenvalue weighted by Gasteiger charge is 2.08. The van der Waals surface area contributed by atoms with Crippen molar-refractivity contribution in [2.24, 2.45) is 0 Å². The minimum absolute atomic E-state index is 0.410. The lowest BCUT2D eigenvalue weighted by molar-refractivity contribution is 0.842. The third kappa shape index (κ3) is 2.36. The van der Waals surface area contributed by atoms with Crippen LogP contribution in [-0.2, 0) is 0 Å². The first-order valence-corrected chi connectivity index (χ1v) is 7.01. The molecule has 18 heavy (non-hydrogen) atoms. The van der Waals surface area contributed by atoms with Crippen LogP contribution < -0.4 is 0 Å². The van der Waals surface area contributed by atoms with Crippen LogP contribution >= 0.6 is 39.3 Å². The van der Waals surface area contributed by atoms with Crippen LogP contribution in [0.2, 0.25) is 5.15 Å². The molecular formula is C11H6BrClN4S. The number of fused-ring (bicyclic) bond motifs is 1. The van der Waals surface area contributed by atoms with Crippen LogP contribution in [0.5, 0.6) is 0 Å². The molecule has 0 aliphatic carbocycles. The molecule has 0 N–H and O–H groups in total. The van der Waals surface area contributed by atoms with E-state index < -0.39 is 0 Å². The molecular weight excluding hydrogens is 336 g/mol. The van der Waals surface area contributed by atoms with Crippen LogP contribution in [0.1, 0.15) is 0 Å². The predicted octanol–water partition coefficient (Wildman–Crippen LogP) is 3.69. The third-order valence-electron chi connectivity index (χ3n) is 2.21. The number of rotatable bonds is 2. The molecule has 3 aromatic rings. The second-order valence-electron chi connectivity index (χ2n) is 3.45. The van der Waals surface area contributed by atoms with Crippen LogP contribution in [0.25, 0.3) is 5.78 Å². The van der Waals surface area contributed by atoms with Crippen LogP contribution in [0.15, 0.2) is 51.1 Å². The molecule has 0 spiro atoms. The van der Waals surface area contributed by atoms with Gasteiger partial charge in [0.05, 0.1) is 0 Å². The standard InChI is InChI=1S/C11H6BrClN4S/c12-7-2-1-3-8(4-7)18-10-5-9(13)16-11-14-6-15-17(10)11/h1-6H. The van der Waals surface area contributed by atoms with E-state index in [0.717, 1.165) is 14.4 Å². The number of benzene rings is 1. The Bertz CT molecular complexity index is 715. The molecule has 3 rings (SSSR count). The van der Waals surface area contributed by atoms with Gasteiger partial charge in [-0.3, -0.25) is 0 Å². The van der Waals surface area contributed by atoms with E-state index in [9.17, 15) is 0 Å². The molecule has 90 valence electrons. The van der Waals surface area contributed by atoms with Crippen molar-refractivity contribution in [2.45, 2.75) is 9.92 Å². The summed E-state index contributed by atoms with van der Waals surface area (Å²) in [6.07, 6.45) is 1.46. The maximum Gasteiger partial charge on any atom is 0.254 e. The monoisotopic (exact) mass is 340 g/mol. The van der Waals surface area contributed by atoms with Crippen molar-refractivity contribution in [3.63, 3.8) is 0 Å². The summed E-state index contributed by atoms with van der Waals surface area (Å²) in [5.74, 6) is 0.500. The molecule has 1 aromatic carbocycles. The molecule has 0 radical (unpaired) electrons. The number of aromatic nitrogens is 4. The summed E-state index contributed by atoms with van der Waals surface area (Å²) in [4.78, 5) is 9.21. The molecule has 2 aromatic heterocycles. The molecule has 2 heterocycles. The highest BCUT2D eigenvalue weighted by Crippen LogP contribution is 2.30. The van der Waals surface area contributed by atoms with E-state index in [0.29, 0.717) is 10.9 Å². The fourth-order valence-electron chi connectivity index (χ4n) is 1.48. The Labute approximate surface area is 121 Å². The number of halogens is 2.